The molecule has 0 atom stereocenters. The SMILES string of the molecule is O=C1c2cccc3c(Br)c([N+](=O)[O-])cc(c23)C(=O)N1c1cccc2ccccc12. The molecule has 0 saturated heterocycles. The monoisotopic (exact) mass is 446 g/mol. The molecule has 5 rings (SSSR count). The Morgan fingerprint density at radius 2 is 1.48 bits per heavy atom. The second-order valence-electron chi connectivity index (χ2n) is 6.69. The first-order valence-corrected chi connectivity index (χ1v) is 9.54. The summed E-state index contributed by atoms with van der Waals surface area (Å²) in [6, 6.07) is 19.0. The number of hydrogen-bond acceptors (Lipinski definition) is 4. The van der Waals surface area contributed by atoms with Crippen molar-refractivity contribution >= 4 is 60.7 Å². The molecule has 0 aliphatic carbocycles. The van der Waals surface area contributed by atoms with Gasteiger partial charge >= 0.3 is 0 Å². The zero-order chi connectivity index (χ0) is 20.3. The average Bonchev–Trinajstić information content (AvgIpc) is 2.73. The van der Waals surface area contributed by atoms with E-state index in [2.05, 4.69) is 15.9 Å². The van der Waals surface area contributed by atoms with Crippen molar-refractivity contribution in [3.05, 3.63) is 92.4 Å². The molecule has 7 heteroatoms. The Morgan fingerprint density at radius 1 is 0.828 bits per heavy atom. The van der Waals surface area contributed by atoms with Crippen LogP contribution in [0.2, 0.25) is 0 Å². The number of carbonyl (C=O) groups is 2. The van der Waals surface area contributed by atoms with Crippen molar-refractivity contribution in [3.63, 3.8) is 0 Å². The number of hydrogen-bond donors (Lipinski definition) is 0. The molecule has 4 aromatic rings. The fourth-order valence-corrected chi connectivity index (χ4v) is 4.46. The highest BCUT2D eigenvalue weighted by molar-refractivity contribution is 9.10. The zero-order valence-electron chi connectivity index (χ0n) is 14.8. The number of rotatable bonds is 2. The van der Waals surface area contributed by atoms with E-state index in [0.717, 1.165) is 15.7 Å². The number of anilines is 1. The van der Waals surface area contributed by atoms with E-state index in [-0.39, 0.29) is 15.7 Å². The lowest BCUT2D eigenvalue weighted by Crippen LogP contribution is -2.40. The first-order valence-electron chi connectivity index (χ1n) is 8.75. The van der Waals surface area contributed by atoms with Gasteiger partial charge in [-0.1, -0.05) is 48.5 Å². The van der Waals surface area contributed by atoms with Crippen LogP contribution in [0.3, 0.4) is 0 Å². The standard InChI is InChI=1S/C22H11BrN2O4/c23-20-14-8-4-9-15-19(14)16(11-18(20)25(28)29)22(27)24(21(15)26)17-10-3-6-12-5-1-2-7-13(12)17/h1-11H. The van der Waals surface area contributed by atoms with Crippen molar-refractivity contribution in [1.29, 1.82) is 0 Å². The van der Waals surface area contributed by atoms with Gasteiger partial charge in [-0.2, -0.15) is 0 Å². The normalized spacial score (nSPS) is 13.3. The summed E-state index contributed by atoms with van der Waals surface area (Å²) >= 11 is 3.26. The Kier molecular flexibility index (Phi) is 3.75. The maximum absolute atomic E-state index is 13.4. The minimum absolute atomic E-state index is 0.137. The van der Waals surface area contributed by atoms with Gasteiger partial charge in [0.2, 0.25) is 0 Å². The van der Waals surface area contributed by atoms with Crippen molar-refractivity contribution in [2.45, 2.75) is 0 Å². The molecule has 1 heterocycles. The van der Waals surface area contributed by atoms with E-state index in [1.807, 2.05) is 30.3 Å². The fourth-order valence-electron chi connectivity index (χ4n) is 3.87. The Balaban J connectivity index is 1.84. The number of amides is 2. The summed E-state index contributed by atoms with van der Waals surface area (Å²) in [5.74, 6) is -1.03. The van der Waals surface area contributed by atoms with Gasteiger partial charge < -0.3 is 0 Å². The zero-order valence-corrected chi connectivity index (χ0v) is 16.3. The van der Waals surface area contributed by atoms with Crippen molar-refractivity contribution in [2.75, 3.05) is 4.90 Å². The predicted octanol–water partition coefficient (Wildman–Crippen LogP) is 5.46. The van der Waals surface area contributed by atoms with Gasteiger partial charge in [0.25, 0.3) is 17.5 Å². The minimum atomic E-state index is -0.578. The van der Waals surface area contributed by atoms with E-state index >= 15 is 0 Å². The third kappa shape index (κ3) is 2.41. The van der Waals surface area contributed by atoms with Crippen LogP contribution in [0.1, 0.15) is 20.7 Å². The number of halogens is 1. The molecule has 0 radical (unpaired) electrons. The van der Waals surface area contributed by atoms with Crippen LogP contribution in [-0.4, -0.2) is 16.7 Å². The molecule has 4 aromatic carbocycles. The summed E-state index contributed by atoms with van der Waals surface area (Å²) in [7, 11) is 0. The summed E-state index contributed by atoms with van der Waals surface area (Å²) < 4.78 is 0.252. The highest BCUT2D eigenvalue weighted by atomic mass is 79.9. The lowest BCUT2D eigenvalue weighted by Gasteiger charge is -2.28. The summed E-state index contributed by atoms with van der Waals surface area (Å²) in [6.45, 7) is 0. The van der Waals surface area contributed by atoms with Crippen molar-refractivity contribution < 1.29 is 14.5 Å². The number of nitrogens with zero attached hydrogens (tertiary/aromatic N) is 2. The molecule has 1 aliphatic heterocycles. The molecule has 2 amide bonds. The van der Waals surface area contributed by atoms with Gasteiger partial charge in [0.05, 0.1) is 16.2 Å². The van der Waals surface area contributed by atoms with Crippen LogP contribution in [0.5, 0.6) is 0 Å². The molecular weight excluding hydrogens is 436 g/mol. The smallest absolute Gasteiger partial charge is 0.268 e. The summed E-state index contributed by atoms with van der Waals surface area (Å²) in [4.78, 5) is 38.8. The van der Waals surface area contributed by atoms with Crippen LogP contribution in [0.25, 0.3) is 21.5 Å². The van der Waals surface area contributed by atoms with Gasteiger partial charge in [0, 0.05) is 27.8 Å². The van der Waals surface area contributed by atoms with Crippen LogP contribution in [0.4, 0.5) is 11.4 Å². The van der Waals surface area contributed by atoms with Gasteiger partial charge in [0.15, 0.2) is 0 Å². The van der Waals surface area contributed by atoms with Crippen LogP contribution >= 0.6 is 15.9 Å². The summed E-state index contributed by atoms with van der Waals surface area (Å²) in [5, 5.41) is 14.0. The second-order valence-corrected chi connectivity index (χ2v) is 7.48. The number of benzene rings is 4. The Labute approximate surface area is 172 Å². The molecule has 140 valence electrons. The van der Waals surface area contributed by atoms with Gasteiger partial charge in [-0.25, -0.2) is 4.90 Å². The topological polar surface area (TPSA) is 80.5 Å². The minimum Gasteiger partial charge on any atom is -0.268 e. The van der Waals surface area contributed by atoms with Crippen LogP contribution in [0, 0.1) is 10.1 Å². The van der Waals surface area contributed by atoms with E-state index in [1.54, 1.807) is 30.3 Å². The van der Waals surface area contributed by atoms with Gasteiger partial charge in [-0.05, 0) is 33.4 Å². The van der Waals surface area contributed by atoms with Gasteiger partial charge in [-0.15, -0.1) is 0 Å². The molecule has 0 bridgehead atoms. The van der Waals surface area contributed by atoms with Crippen LogP contribution in [0.15, 0.2) is 71.2 Å². The molecule has 0 saturated carbocycles. The lowest BCUT2D eigenvalue weighted by molar-refractivity contribution is -0.385. The number of carbonyl (C=O) groups excluding carboxylic acids is 2. The van der Waals surface area contributed by atoms with E-state index in [0.29, 0.717) is 22.0 Å². The lowest BCUT2D eigenvalue weighted by atomic mass is 9.92. The third-order valence-corrected chi connectivity index (χ3v) is 5.98. The van der Waals surface area contributed by atoms with Crippen molar-refractivity contribution in [3.8, 4) is 0 Å². The molecule has 0 aromatic heterocycles. The molecule has 0 unspecified atom stereocenters. The number of fused-ring (bicyclic) bond motifs is 1. The first kappa shape index (κ1) is 17.5. The molecule has 0 spiro atoms. The molecular formula is C22H11BrN2O4. The Morgan fingerprint density at radius 3 is 2.28 bits per heavy atom. The number of nitro groups is 1. The second kappa shape index (κ2) is 6.22. The van der Waals surface area contributed by atoms with Crippen molar-refractivity contribution in [2.24, 2.45) is 0 Å². The summed E-state index contributed by atoms with van der Waals surface area (Å²) in [6.07, 6.45) is 0. The maximum Gasteiger partial charge on any atom is 0.284 e. The van der Waals surface area contributed by atoms with E-state index in [4.69, 9.17) is 0 Å². The molecule has 0 N–H and O–H groups in total. The molecule has 6 nitrogen and oxygen atoms in total. The highest BCUT2D eigenvalue weighted by Gasteiger charge is 2.37. The molecule has 0 fully saturated rings. The van der Waals surface area contributed by atoms with E-state index in [1.165, 1.54) is 6.07 Å². The Bertz CT molecular complexity index is 1390. The van der Waals surface area contributed by atoms with Gasteiger partial charge in [0.1, 0.15) is 4.47 Å². The fraction of sp³-hybridized carbons (Fsp3) is 0. The third-order valence-electron chi connectivity index (χ3n) is 5.15. The maximum atomic E-state index is 13.4. The highest BCUT2D eigenvalue weighted by Crippen LogP contribution is 2.41. The molecule has 1 aliphatic rings. The van der Waals surface area contributed by atoms with Crippen molar-refractivity contribution in [1.82, 2.24) is 0 Å². The Hall–Kier alpha value is -3.58. The largest absolute Gasteiger partial charge is 0.284 e. The molecule has 29 heavy (non-hydrogen) atoms. The van der Waals surface area contributed by atoms with Gasteiger partial charge in [-0.3, -0.25) is 19.7 Å². The van der Waals surface area contributed by atoms with Crippen LogP contribution in [-0.2, 0) is 0 Å². The van der Waals surface area contributed by atoms with E-state index in [9.17, 15) is 19.7 Å². The van der Waals surface area contributed by atoms with E-state index < -0.39 is 16.7 Å². The quantitative estimate of drug-likeness (QED) is 0.232. The summed E-state index contributed by atoms with van der Waals surface area (Å²) in [5.41, 5.74) is 0.704. The van der Waals surface area contributed by atoms with Crippen LogP contribution < -0.4 is 4.90 Å². The predicted molar refractivity (Wildman–Crippen MR) is 113 cm³/mol. The first-order chi connectivity index (χ1) is 14.0. The number of nitro benzene ring substituents is 1. The average molecular weight is 447 g/mol. The number of imide groups is 1.